The topological polar surface area (TPSA) is 59.8 Å². The number of hydrogen-bond donors (Lipinski definition) is 1. The van der Waals surface area contributed by atoms with Crippen molar-refractivity contribution >= 4 is 29.0 Å². The van der Waals surface area contributed by atoms with Crippen molar-refractivity contribution in [2.45, 2.75) is 36.8 Å². The molecule has 31 heavy (non-hydrogen) atoms. The maximum absolute atomic E-state index is 12.8. The second-order valence-electron chi connectivity index (χ2n) is 7.26. The van der Waals surface area contributed by atoms with Gasteiger partial charge in [-0.25, -0.2) is 0 Å². The Kier molecular flexibility index (Phi) is 6.84. The van der Waals surface area contributed by atoms with Gasteiger partial charge in [-0.2, -0.15) is 0 Å². The summed E-state index contributed by atoms with van der Waals surface area (Å²) in [7, 11) is 0. The Hall–Kier alpha value is -2.90. The minimum Gasteiger partial charge on any atom is -0.349 e. The molecule has 0 aliphatic rings. The van der Waals surface area contributed by atoms with Crippen molar-refractivity contribution in [3.05, 3.63) is 89.3 Å². The maximum Gasteiger partial charge on any atom is 0.233 e. The molecule has 0 aliphatic carbocycles. The van der Waals surface area contributed by atoms with Gasteiger partial charge in [0.1, 0.15) is 0 Å². The first kappa shape index (κ1) is 21.3. The number of thiophene rings is 1. The second kappa shape index (κ2) is 9.94. The standard InChI is InChI=1S/C24H24N4OS2/c1-17(20-12-7-4-8-13-20)25-23(29)18(2)31-24-27-26-22(21-14-9-15-30-21)28(24)16-19-10-5-3-6-11-19/h3-15,17-18H,16H2,1-2H3,(H,25,29). The normalized spacial score (nSPS) is 13.0. The van der Waals surface area contributed by atoms with E-state index in [-0.39, 0.29) is 17.2 Å². The van der Waals surface area contributed by atoms with Crippen LogP contribution < -0.4 is 5.32 Å². The molecule has 0 saturated heterocycles. The summed E-state index contributed by atoms with van der Waals surface area (Å²) >= 11 is 3.07. The lowest BCUT2D eigenvalue weighted by Gasteiger charge is -2.18. The van der Waals surface area contributed by atoms with Crippen LogP contribution >= 0.6 is 23.1 Å². The molecule has 5 nitrogen and oxygen atoms in total. The first-order valence-corrected chi connectivity index (χ1v) is 11.9. The number of carbonyl (C=O) groups is 1. The van der Waals surface area contributed by atoms with E-state index in [4.69, 9.17) is 0 Å². The molecule has 2 aromatic heterocycles. The van der Waals surface area contributed by atoms with Crippen molar-refractivity contribution in [3.63, 3.8) is 0 Å². The molecule has 0 saturated carbocycles. The number of nitrogens with zero attached hydrogens (tertiary/aromatic N) is 3. The number of benzene rings is 2. The van der Waals surface area contributed by atoms with Crippen LogP contribution in [0.25, 0.3) is 10.7 Å². The summed E-state index contributed by atoms with van der Waals surface area (Å²) in [6.45, 7) is 4.56. The number of hydrogen-bond acceptors (Lipinski definition) is 5. The smallest absolute Gasteiger partial charge is 0.233 e. The minimum atomic E-state index is -0.305. The molecular weight excluding hydrogens is 424 g/mol. The number of thioether (sulfide) groups is 1. The third-order valence-electron chi connectivity index (χ3n) is 4.95. The summed E-state index contributed by atoms with van der Waals surface area (Å²) in [6.07, 6.45) is 0. The molecule has 158 valence electrons. The van der Waals surface area contributed by atoms with E-state index in [1.54, 1.807) is 11.3 Å². The Labute approximate surface area is 190 Å². The number of nitrogens with one attached hydrogen (secondary N) is 1. The van der Waals surface area contributed by atoms with Gasteiger partial charge in [-0.15, -0.1) is 21.5 Å². The molecule has 4 aromatic rings. The molecule has 0 aliphatic heterocycles. The Morgan fingerprint density at radius 3 is 2.39 bits per heavy atom. The Balaban J connectivity index is 1.52. The summed E-state index contributed by atoms with van der Waals surface area (Å²) in [5.41, 5.74) is 2.25. The van der Waals surface area contributed by atoms with Gasteiger partial charge in [0.15, 0.2) is 11.0 Å². The number of rotatable bonds is 8. The number of amides is 1. The number of aromatic nitrogens is 3. The van der Waals surface area contributed by atoms with Crippen molar-refractivity contribution < 1.29 is 4.79 Å². The zero-order valence-electron chi connectivity index (χ0n) is 17.4. The SMILES string of the molecule is CC(Sc1nnc(-c2cccs2)n1Cc1ccccc1)C(=O)NC(C)c1ccccc1. The van der Waals surface area contributed by atoms with E-state index in [1.165, 1.54) is 11.8 Å². The molecule has 1 N–H and O–H groups in total. The average molecular weight is 449 g/mol. The van der Waals surface area contributed by atoms with Gasteiger partial charge in [0.05, 0.1) is 22.7 Å². The molecule has 0 radical (unpaired) electrons. The van der Waals surface area contributed by atoms with E-state index in [1.807, 2.05) is 79.9 Å². The Morgan fingerprint density at radius 1 is 1.00 bits per heavy atom. The summed E-state index contributed by atoms with van der Waals surface area (Å²) in [5, 5.41) is 14.4. The van der Waals surface area contributed by atoms with Crippen molar-refractivity contribution in [1.29, 1.82) is 0 Å². The van der Waals surface area contributed by atoms with E-state index in [0.29, 0.717) is 6.54 Å². The van der Waals surface area contributed by atoms with Crippen LogP contribution in [0.5, 0.6) is 0 Å². The first-order valence-electron chi connectivity index (χ1n) is 10.1. The lowest BCUT2D eigenvalue weighted by atomic mass is 10.1. The van der Waals surface area contributed by atoms with Gasteiger partial charge in [-0.1, -0.05) is 78.5 Å². The summed E-state index contributed by atoms with van der Waals surface area (Å²) < 4.78 is 2.09. The van der Waals surface area contributed by atoms with E-state index in [2.05, 4.69) is 32.2 Å². The molecule has 2 unspecified atom stereocenters. The highest BCUT2D eigenvalue weighted by Gasteiger charge is 2.22. The predicted molar refractivity (Wildman–Crippen MR) is 127 cm³/mol. The predicted octanol–water partition coefficient (Wildman–Crippen LogP) is 5.41. The highest BCUT2D eigenvalue weighted by Crippen LogP contribution is 2.30. The minimum absolute atomic E-state index is 0.0201. The van der Waals surface area contributed by atoms with E-state index >= 15 is 0 Å². The molecule has 4 rings (SSSR count). The molecule has 2 heterocycles. The third kappa shape index (κ3) is 5.24. The molecule has 7 heteroatoms. The van der Waals surface area contributed by atoms with Crippen molar-refractivity contribution in [2.24, 2.45) is 0 Å². The van der Waals surface area contributed by atoms with Crippen LogP contribution in [0.1, 0.15) is 31.0 Å². The highest BCUT2D eigenvalue weighted by molar-refractivity contribution is 8.00. The molecule has 0 fully saturated rings. The van der Waals surface area contributed by atoms with E-state index < -0.39 is 0 Å². The third-order valence-corrected chi connectivity index (χ3v) is 6.90. The fraction of sp³-hybridized carbons (Fsp3) is 0.208. The zero-order valence-corrected chi connectivity index (χ0v) is 19.1. The zero-order chi connectivity index (χ0) is 21.6. The van der Waals surface area contributed by atoms with Gasteiger partial charge in [-0.05, 0) is 36.4 Å². The highest BCUT2D eigenvalue weighted by atomic mass is 32.2. The fourth-order valence-corrected chi connectivity index (χ4v) is 4.81. The van der Waals surface area contributed by atoms with Gasteiger partial charge >= 0.3 is 0 Å². The van der Waals surface area contributed by atoms with Gasteiger partial charge in [-0.3, -0.25) is 9.36 Å². The van der Waals surface area contributed by atoms with E-state index in [0.717, 1.165) is 27.0 Å². The van der Waals surface area contributed by atoms with E-state index in [9.17, 15) is 4.79 Å². The largest absolute Gasteiger partial charge is 0.349 e. The van der Waals surface area contributed by atoms with Gasteiger partial charge in [0.25, 0.3) is 0 Å². The molecule has 2 aromatic carbocycles. The van der Waals surface area contributed by atoms with Crippen LogP contribution in [0, 0.1) is 0 Å². The lowest BCUT2D eigenvalue weighted by molar-refractivity contribution is -0.120. The van der Waals surface area contributed by atoms with Crippen molar-refractivity contribution in [1.82, 2.24) is 20.1 Å². The molecule has 2 atom stereocenters. The van der Waals surface area contributed by atoms with Crippen LogP contribution in [0.15, 0.2) is 83.3 Å². The lowest BCUT2D eigenvalue weighted by Crippen LogP contribution is -2.33. The van der Waals surface area contributed by atoms with Crippen LogP contribution in [0.3, 0.4) is 0 Å². The maximum atomic E-state index is 12.8. The summed E-state index contributed by atoms with van der Waals surface area (Å²) in [4.78, 5) is 13.9. The van der Waals surface area contributed by atoms with Crippen LogP contribution in [0.4, 0.5) is 0 Å². The number of carbonyl (C=O) groups excluding carboxylic acids is 1. The fourth-order valence-electron chi connectivity index (χ4n) is 3.24. The van der Waals surface area contributed by atoms with Crippen molar-refractivity contribution in [2.75, 3.05) is 0 Å². The van der Waals surface area contributed by atoms with Gasteiger partial charge in [0.2, 0.25) is 5.91 Å². The molecule has 0 spiro atoms. The summed E-state index contributed by atoms with van der Waals surface area (Å²) in [5.74, 6) is 0.805. The monoisotopic (exact) mass is 448 g/mol. The molecule has 0 bridgehead atoms. The van der Waals surface area contributed by atoms with Gasteiger partial charge in [0, 0.05) is 0 Å². The Bertz CT molecular complexity index is 1110. The first-order chi connectivity index (χ1) is 15.1. The molecular formula is C24H24N4OS2. The van der Waals surface area contributed by atoms with Gasteiger partial charge < -0.3 is 5.32 Å². The van der Waals surface area contributed by atoms with Crippen molar-refractivity contribution in [3.8, 4) is 10.7 Å². The summed E-state index contributed by atoms with van der Waals surface area (Å²) in [6, 6.07) is 24.2. The quantitative estimate of drug-likeness (QED) is 0.366. The Morgan fingerprint density at radius 2 is 1.71 bits per heavy atom. The van der Waals surface area contributed by atoms with Crippen LogP contribution in [-0.2, 0) is 11.3 Å². The molecule has 1 amide bonds. The van der Waals surface area contributed by atoms with Crippen LogP contribution in [-0.4, -0.2) is 25.9 Å². The average Bonchev–Trinajstić information content (AvgIpc) is 3.45. The second-order valence-corrected chi connectivity index (χ2v) is 9.51. The van der Waals surface area contributed by atoms with Crippen LogP contribution in [0.2, 0.25) is 0 Å².